The lowest BCUT2D eigenvalue weighted by Crippen LogP contribution is -2.47. The Labute approximate surface area is 174 Å². The van der Waals surface area contributed by atoms with Crippen molar-refractivity contribution in [1.29, 1.82) is 0 Å². The van der Waals surface area contributed by atoms with Gasteiger partial charge in [-0.05, 0) is 62.7 Å². The first-order valence-electron chi connectivity index (χ1n) is 10.0. The van der Waals surface area contributed by atoms with Gasteiger partial charge in [-0.15, -0.1) is 0 Å². The van der Waals surface area contributed by atoms with Crippen LogP contribution in [0.4, 0.5) is 4.39 Å². The molecule has 0 saturated carbocycles. The summed E-state index contributed by atoms with van der Waals surface area (Å²) in [7, 11) is 2.02. The third kappa shape index (κ3) is 4.29. The molecule has 4 rings (SSSR count). The minimum Gasteiger partial charge on any atom is -0.453 e. The maximum absolute atomic E-state index is 14.7. The van der Waals surface area contributed by atoms with E-state index in [2.05, 4.69) is 20.2 Å². The third-order valence-electron chi connectivity index (χ3n) is 5.48. The van der Waals surface area contributed by atoms with Crippen LogP contribution in [-0.2, 0) is 11.2 Å². The minimum absolute atomic E-state index is 0.110. The molecule has 0 aliphatic carbocycles. The molecule has 1 unspecified atom stereocenters. The summed E-state index contributed by atoms with van der Waals surface area (Å²) in [4.78, 5) is 21.8. The number of H-pyrrole nitrogens is 1. The molecule has 1 aliphatic rings. The van der Waals surface area contributed by atoms with Crippen molar-refractivity contribution >= 4 is 16.9 Å². The summed E-state index contributed by atoms with van der Waals surface area (Å²) in [5.74, 6) is -0.0734. The number of aromatic amines is 1. The van der Waals surface area contributed by atoms with Crippen LogP contribution in [0.1, 0.15) is 17.5 Å². The highest BCUT2D eigenvalue weighted by atomic mass is 19.1. The van der Waals surface area contributed by atoms with Crippen LogP contribution >= 0.6 is 0 Å². The molecule has 1 amide bonds. The summed E-state index contributed by atoms with van der Waals surface area (Å²) in [6.07, 6.45) is 4.61. The van der Waals surface area contributed by atoms with E-state index in [-0.39, 0.29) is 24.1 Å². The van der Waals surface area contributed by atoms with E-state index in [4.69, 9.17) is 10.5 Å². The van der Waals surface area contributed by atoms with Crippen LogP contribution in [0.25, 0.3) is 11.0 Å². The number of aromatic nitrogens is 2. The molecule has 7 nitrogen and oxygen atoms in total. The van der Waals surface area contributed by atoms with Gasteiger partial charge in [-0.1, -0.05) is 6.07 Å². The fourth-order valence-corrected chi connectivity index (χ4v) is 3.85. The van der Waals surface area contributed by atoms with E-state index >= 15 is 0 Å². The number of hydrogen-bond donors (Lipinski definition) is 3. The number of amides is 1. The second-order valence-electron chi connectivity index (χ2n) is 7.94. The highest BCUT2D eigenvalue weighted by molar-refractivity contribution is 5.86. The predicted octanol–water partition coefficient (Wildman–Crippen LogP) is 2.49. The summed E-state index contributed by atoms with van der Waals surface area (Å²) >= 11 is 0. The average molecular weight is 411 g/mol. The number of nitrogens with zero attached hydrogens (tertiary/aromatic N) is 2. The summed E-state index contributed by atoms with van der Waals surface area (Å²) in [6.45, 7) is 3.71. The topological polar surface area (TPSA) is 96.3 Å². The Morgan fingerprint density at radius 3 is 3.00 bits per heavy atom. The number of nitrogens with two attached hydrogens (primary N) is 1. The largest absolute Gasteiger partial charge is 0.453 e. The molecule has 0 spiro atoms. The summed E-state index contributed by atoms with van der Waals surface area (Å²) in [6, 6.07) is 5.76. The number of nitrogens with one attached hydrogen (secondary N) is 2. The molecule has 3 heterocycles. The van der Waals surface area contributed by atoms with Crippen LogP contribution in [0.2, 0.25) is 0 Å². The van der Waals surface area contributed by atoms with Crippen LogP contribution in [-0.4, -0.2) is 53.0 Å². The smallest absolute Gasteiger partial charge is 0.237 e. The molecule has 4 N–H and O–H groups in total. The monoisotopic (exact) mass is 411 g/mol. The average Bonchev–Trinajstić information content (AvgIpc) is 3.30. The first-order chi connectivity index (χ1) is 14.4. The first kappa shape index (κ1) is 20.3. The fourth-order valence-electron chi connectivity index (χ4n) is 3.85. The quantitative estimate of drug-likeness (QED) is 0.579. The lowest BCUT2D eigenvalue weighted by molar-refractivity contribution is -0.122. The predicted molar refractivity (Wildman–Crippen MR) is 113 cm³/mol. The van der Waals surface area contributed by atoms with E-state index in [1.54, 1.807) is 24.4 Å². The van der Waals surface area contributed by atoms with E-state index < -0.39 is 11.9 Å². The molecule has 8 heteroatoms. The number of aryl methyl sites for hydroxylation is 1. The highest BCUT2D eigenvalue weighted by Gasteiger charge is 2.24. The molecule has 1 aromatic carbocycles. The van der Waals surface area contributed by atoms with Gasteiger partial charge in [0, 0.05) is 25.0 Å². The molecule has 2 atom stereocenters. The van der Waals surface area contributed by atoms with Gasteiger partial charge < -0.3 is 25.7 Å². The third-order valence-corrected chi connectivity index (χ3v) is 5.48. The highest BCUT2D eigenvalue weighted by Crippen LogP contribution is 2.32. The Kier molecular flexibility index (Phi) is 5.69. The molecular formula is C22H26FN5O2. The zero-order valence-corrected chi connectivity index (χ0v) is 17.1. The maximum Gasteiger partial charge on any atom is 0.237 e. The Bertz CT molecular complexity index is 1070. The van der Waals surface area contributed by atoms with Crippen molar-refractivity contribution in [3.63, 3.8) is 0 Å². The molecule has 0 bridgehead atoms. The second-order valence-corrected chi connectivity index (χ2v) is 7.94. The second kappa shape index (κ2) is 8.41. The number of pyridine rings is 1. The molecular weight excluding hydrogens is 385 g/mol. The van der Waals surface area contributed by atoms with Crippen LogP contribution in [0.3, 0.4) is 0 Å². The van der Waals surface area contributed by atoms with Crippen LogP contribution in [0.15, 0.2) is 36.7 Å². The minimum atomic E-state index is -0.732. The molecule has 30 heavy (non-hydrogen) atoms. The molecule has 2 aromatic heterocycles. The molecule has 158 valence electrons. The molecule has 1 saturated heterocycles. The van der Waals surface area contributed by atoms with Crippen LogP contribution in [0.5, 0.6) is 11.5 Å². The number of benzene rings is 1. The first-order valence-corrected chi connectivity index (χ1v) is 10.0. The fraction of sp³-hybridized carbons (Fsp3) is 0.364. The van der Waals surface area contributed by atoms with Crippen molar-refractivity contribution < 1.29 is 13.9 Å². The number of ether oxygens (including phenoxy) is 1. The van der Waals surface area contributed by atoms with Crippen molar-refractivity contribution in [1.82, 2.24) is 20.2 Å². The Morgan fingerprint density at radius 2 is 2.27 bits per heavy atom. The summed E-state index contributed by atoms with van der Waals surface area (Å²) in [5.41, 5.74) is 8.35. The van der Waals surface area contributed by atoms with Gasteiger partial charge in [-0.2, -0.15) is 0 Å². The normalized spacial score (nSPS) is 17.9. The number of likely N-dealkylation sites (tertiary alicyclic amines) is 1. The van der Waals surface area contributed by atoms with Gasteiger partial charge in [0.05, 0.1) is 11.4 Å². The van der Waals surface area contributed by atoms with Crippen molar-refractivity contribution in [3.05, 3.63) is 53.6 Å². The SMILES string of the molecule is Cc1c[nH]c2nccc(Oc3ccc(CC(N)C(=O)N[C@@H]4CCN(C)C4)cc3F)c12. The van der Waals surface area contributed by atoms with Gasteiger partial charge in [0.2, 0.25) is 5.91 Å². The number of carbonyl (C=O) groups excluding carboxylic acids is 1. The van der Waals surface area contributed by atoms with Gasteiger partial charge in [0.1, 0.15) is 11.4 Å². The Hall–Kier alpha value is -2.97. The lowest BCUT2D eigenvalue weighted by Gasteiger charge is -2.17. The Balaban J connectivity index is 1.42. The van der Waals surface area contributed by atoms with Crippen molar-refractivity contribution in [2.24, 2.45) is 5.73 Å². The standard InChI is InChI=1S/C22H26FN5O2/c1-13-11-26-21-20(13)19(5-7-25-21)30-18-4-3-14(9-16(18)23)10-17(24)22(29)27-15-6-8-28(2)12-15/h3-5,7,9,11,15,17H,6,8,10,12,24H2,1-2H3,(H,25,26)(H,27,29)/t15-,17?/m1/s1. The summed E-state index contributed by atoms with van der Waals surface area (Å²) < 4.78 is 20.5. The van der Waals surface area contributed by atoms with Gasteiger partial charge in [-0.25, -0.2) is 9.37 Å². The number of fused-ring (bicyclic) bond motifs is 1. The van der Waals surface area contributed by atoms with Gasteiger partial charge >= 0.3 is 0 Å². The molecule has 3 aromatic rings. The van der Waals surface area contributed by atoms with E-state index in [1.165, 1.54) is 6.07 Å². The van der Waals surface area contributed by atoms with Gasteiger partial charge in [0.15, 0.2) is 11.6 Å². The number of carbonyl (C=O) groups is 1. The van der Waals surface area contributed by atoms with E-state index in [1.807, 2.05) is 20.2 Å². The van der Waals surface area contributed by atoms with Crippen LogP contribution < -0.4 is 15.8 Å². The van der Waals surface area contributed by atoms with Gasteiger partial charge in [0.25, 0.3) is 0 Å². The zero-order chi connectivity index (χ0) is 21.3. The number of likely N-dealkylation sites (N-methyl/N-ethyl adjacent to an activating group) is 1. The molecule has 1 fully saturated rings. The maximum atomic E-state index is 14.7. The Morgan fingerprint density at radius 1 is 1.43 bits per heavy atom. The van der Waals surface area contributed by atoms with E-state index in [0.717, 1.165) is 30.5 Å². The molecule has 1 aliphatic heterocycles. The van der Waals surface area contributed by atoms with E-state index in [0.29, 0.717) is 17.0 Å². The van der Waals surface area contributed by atoms with Gasteiger partial charge in [-0.3, -0.25) is 4.79 Å². The van der Waals surface area contributed by atoms with Crippen molar-refractivity contribution in [3.8, 4) is 11.5 Å². The number of hydrogen-bond acceptors (Lipinski definition) is 5. The lowest BCUT2D eigenvalue weighted by atomic mass is 10.0. The zero-order valence-electron chi connectivity index (χ0n) is 17.1. The number of halogens is 1. The van der Waals surface area contributed by atoms with Crippen molar-refractivity contribution in [2.75, 3.05) is 20.1 Å². The number of rotatable bonds is 6. The molecule has 0 radical (unpaired) electrons. The summed E-state index contributed by atoms with van der Waals surface area (Å²) in [5, 5.41) is 3.79. The van der Waals surface area contributed by atoms with Crippen molar-refractivity contribution in [2.45, 2.75) is 31.8 Å². The van der Waals surface area contributed by atoms with E-state index in [9.17, 15) is 9.18 Å². The van der Waals surface area contributed by atoms with Crippen LogP contribution in [0, 0.1) is 12.7 Å².